The highest BCUT2D eigenvalue weighted by Gasteiger charge is 2.27. The normalized spacial score (nSPS) is 16.0. The van der Waals surface area contributed by atoms with Crippen LogP contribution in [0, 0.1) is 5.92 Å². The molecule has 8 heteroatoms. The Bertz CT molecular complexity index is 941. The zero-order valence-corrected chi connectivity index (χ0v) is 16.3. The van der Waals surface area contributed by atoms with Crippen molar-refractivity contribution in [3.63, 3.8) is 0 Å². The van der Waals surface area contributed by atoms with Crippen molar-refractivity contribution in [2.24, 2.45) is 5.92 Å². The van der Waals surface area contributed by atoms with Crippen LogP contribution in [0.5, 0.6) is 5.75 Å². The summed E-state index contributed by atoms with van der Waals surface area (Å²) in [4.78, 5) is 22.9. The number of likely N-dealkylation sites (tertiary alicyclic amines) is 1. The molecule has 1 fully saturated rings. The number of ether oxygens (including phenoxy) is 1. The highest BCUT2D eigenvalue weighted by molar-refractivity contribution is 5.74. The molecule has 0 spiro atoms. The van der Waals surface area contributed by atoms with Gasteiger partial charge in [-0.15, -0.1) is 0 Å². The number of amides is 2. The number of urea groups is 1. The fraction of sp³-hybridized carbons (Fsp3) is 0.333. The topological polar surface area (TPSA) is 96.0 Å². The van der Waals surface area contributed by atoms with Crippen molar-refractivity contribution >= 4 is 6.03 Å². The molecule has 0 radical (unpaired) electrons. The molecule has 0 aliphatic carbocycles. The van der Waals surface area contributed by atoms with Gasteiger partial charge in [0.05, 0.1) is 7.11 Å². The minimum atomic E-state index is -0.0293. The largest absolute Gasteiger partial charge is 0.497 e. The Morgan fingerprint density at radius 1 is 1.24 bits per heavy atom. The van der Waals surface area contributed by atoms with E-state index >= 15 is 0 Å². The van der Waals surface area contributed by atoms with Crippen LogP contribution < -0.4 is 10.1 Å². The van der Waals surface area contributed by atoms with Gasteiger partial charge in [0.25, 0.3) is 0 Å². The molecule has 3 aromatic rings. The van der Waals surface area contributed by atoms with E-state index in [-0.39, 0.29) is 6.03 Å². The maximum Gasteiger partial charge on any atom is 0.317 e. The summed E-state index contributed by atoms with van der Waals surface area (Å²) in [7, 11) is 1.64. The Morgan fingerprint density at radius 3 is 2.79 bits per heavy atom. The number of nitrogens with one attached hydrogen (secondary N) is 2. The fourth-order valence-corrected chi connectivity index (χ4v) is 3.51. The third-order valence-electron chi connectivity index (χ3n) is 5.13. The highest BCUT2D eigenvalue weighted by atomic mass is 16.5. The van der Waals surface area contributed by atoms with Gasteiger partial charge in [-0.2, -0.15) is 5.10 Å². The van der Waals surface area contributed by atoms with E-state index < -0.39 is 0 Å². The monoisotopic (exact) mass is 392 g/mol. The molecular weight excluding hydrogens is 368 g/mol. The van der Waals surface area contributed by atoms with E-state index in [2.05, 4.69) is 25.5 Å². The van der Waals surface area contributed by atoms with Crippen molar-refractivity contribution in [2.45, 2.75) is 19.4 Å². The Kier molecular flexibility index (Phi) is 5.69. The average Bonchev–Trinajstić information content (AvgIpc) is 3.43. The summed E-state index contributed by atoms with van der Waals surface area (Å²) in [5.41, 5.74) is 1.98. The van der Waals surface area contributed by atoms with Gasteiger partial charge in [-0.3, -0.25) is 10.1 Å². The predicted octanol–water partition coefficient (Wildman–Crippen LogP) is 2.65. The van der Waals surface area contributed by atoms with Crippen LogP contribution in [-0.2, 0) is 13.0 Å². The highest BCUT2D eigenvalue weighted by Crippen LogP contribution is 2.21. The molecule has 1 saturated heterocycles. The molecule has 2 aromatic heterocycles. The number of nitrogens with zero attached hydrogens (tertiary/aromatic N) is 4. The number of rotatable bonds is 6. The first-order valence-electron chi connectivity index (χ1n) is 9.68. The van der Waals surface area contributed by atoms with Crippen LogP contribution >= 0.6 is 0 Å². The van der Waals surface area contributed by atoms with Gasteiger partial charge < -0.3 is 15.0 Å². The van der Waals surface area contributed by atoms with Crippen LogP contribution in [0.25, 0.3) is 11.4 Å². The number of carbonyl (C=O) groups excluding carboxylic acids is 1. The lowest BCUT2D eigenvalue weighted by molar-refractivity contribution is 0.206. The molecule has 8 nitrogen and oxygen atoms in total. The van der Waals surface area contributed by atoms with Crippen LogP contribution in [0.4, 0.5) is 4.79 Å². The van der Waals surface area contributed by atoms with Crippen molar-refractivity contribution in [2.75, 3.05) is 20.2 Å². The van der Waals surface area contributed by atoms with E-state index in [9.17, 15) is 4.79 Å². The lowest BCUT2D eigenvalue weighted by Gasteiger charge is -2.17. The second-order valence-corrected chi connectivity index (χ2v) is 7.15. The van der Waals surface area contributed by atoms with Gasteiger partial charge in [-0.1, -0.05) is 12.1 Å². The summed E-state index contributed by atoms with van der Waals surface area (Å²) < 4.78 is 5.15. The summed E-state index contributed by atoms with van der Waals surface area (Å²) in [6.45, 7) is 1.98. The quantitative estimate of drug-likeness (QED) is 0.672. The maximum atomic E-state index is 12.5. The maximum absolute atomic E-state index is 12.5. The predicted molar refractivity (Wildman–Crippen MR) is 108 cm³/mol. The van der Waals surface area contributed by atoms with E-state index in [4.69, 9.17) is 4.74 Å². The van der Waals surface area contributed by atoms with E-state index in [0.717, 1.165) is 48.6 Å². The fourth-order valence-electron chi connectivity index (χ4n) is 3.51. The van der Waals surface area contributed by atoms with Crippen molar-refractivity contribution in [1.82, 2.24) is 30.4 Å². The molecule has 29 heavy (non-hydrogen) atoms. The second kappa shape index (κ2) is 8.72. The van der Waals surface area contributed by atoms with E-state index in [1.807, 2.05) is 41.3 Å². The molecule has 1 aliphatic heterocycles. The number of benzene rings is 1. The molecule has 1 atom stereocenters. The molecule has 2 N–H and O–H groups in total. The van der Waals surface area contributed by atoms with E-state index in [0.29, 0.717) is 18.3 Å². The van der Waals surface area contributed by atoms with Crippen LogP contribution in [0.1, 0.15) is 17.8 Å². The number of aromatic amines is 1. The second-order valence-electron chi connectivity index (χ2n) is 7.15. The lowest BCUT2D eigenvalue weighted by atomic mass is 10.1. The van der Waals surface area contributed by atoms with E-state index in [1.54, 1.807) is 19.5 Å². The number of hydrogen-bond acceptors (Lipinski definition) is 5. The summed E-state index contributed by atoms with van der Waals surface area (Å²) in [6, 6.07) is 11.4. The van der Waals surface area contributed by atoms with Gasteiger partial charge in [0, 0.05) is 44.0 Å². The van der Waals surface area contributed by atoms with Crippen molar-refractivity contribution in [1.29, 1.82) is 0 Å². The molecule has 3 heterocycles. The Hall–Kier alpha value is -3.42. The number of carbonyl (C=O) groups is 1. The zero-order valence-electron chi connectivity index (χ0n) is 16.3. The smallest absolute Gasteiger partial charge is 0.317 e. The van der Waals surface area contributed by atoms with Crippen LogP contribution in [0.2, 0.25) is 0 Å². The summed E-state index contributed by atoms with van der Waals surface area (Å²) >= 11 is 0. The third kappa shape index (κ3) is 4.71. The number of aromatic nitrogens is 4. The molecule has 0 saturated carbocycles. The van der Waals surface area contributed by atoms with Crippen LogP contribution in [-0.4, -0.2) is 51.3 Å². The standard InChI is InChI=1S/C21H24N6O2/c1-29-18-4-2-15(3-5-18)13-23-21(28)27-11-8-16(14-27)12-19-24-20(26-25-19)17-6-9-22-10-7-17/h2-7,9-10,16H,8,11-14H2,1H3,(H,23,28)(H,24,25,26). The minimum absolute atomic E-state index is 0.0293. The van der Waals surface area contributed by atoms with Gasteiger partial charge in [-0.05, 0) is 42.2 Å². The van der Waals surface area contributed by atoms with Crippen molar-refractivity contribution in [3.8, 4) is 17.1 Å². The SMILES string of the molecule is COc1ccc(CNC(=O)N2CCC(Cc3nc(-c4ccncc4)n[nH]3)C2)cc1. The summed E-state index contributed by atoms with van der Waals surface area (Å²) in [5, 5.41) is 10.3. The number of H-pyrrole nitrogens is 1. The zero-order chi connectivity index (χ0) is 20.1. The summed E-state index contributed by atoms with van der Waals surface area (Å²) in [5.74, 6) is 2.71. The molecule has 150 valence electrons. The average molecular weight is 392 g/mol. The first kappa shape index (κ1) is 18.9. The van der Waals surface area contributed by atoms with Gasteiger partial charge in [0.15, 0.2) is 5.82 Å². The van der Waals surface area contributed by atoms with Crippen molar-refractivity contribution < 1.29 is 9.53 Å². The third-order valence-corrected chi connectivity index (χ3v) is 5.13. The van der Waals surface area contributed by atoms with Crippen LogP contribution in [0.3, 0.4) is 0 Å². The Labute approximate surface area is 169 Å². The minimum Gasteiger partial charge on any atom is -0.497 e. The van der Waals surface area contributed by atoms with E-state index in [1.165, 1.54) is 0 Å². The number of methoxy groups -OCH3 is 1. The van der Waals surface area contributed by atoms with Gasteiger partial charge in [-0.25, -0.2) is 9.78 Å². The molecule has 4 rings (SSSR count). The first-order valence-corrected chi connectivity index (χ1v) is 9.68. The molecule has 1 aromatic carbocycles. The first-order chi connectivity index (χ1) is 14.2. The lowest BCUT2D eigenvalue weighted by Crippen LogP contribution is -2.38. The molecule has 1 unspecified atom stereocenters. The summed E-state index contributed by atoms with van der Waals surface area (Å²) in [6.07, 6.45) is 5.19. The van der Waals surface area contributed by atoms with Crippen LogP contribution in [0.15, 0.2) is 48.8 Å². The van der Waals surface area contributed by atoms with Gasteiger partial charge in [0.2, 0.25) is 0 Å². The number of pyridine rings is 1. The Morgan fingerprint density at radius 2 is 2.03 bits per heavy atom. The molecule has 0 bridgehead atoms. The molecule has 1 aliphatic rings. The van der Waals surface area contributed by atoms with Gasteiger partial charge in [0.1, 0.15) is 11.6 Å². The van der Waals surface area contributed by atoms with Gasteiger partial charge >= 0.3 is 6.03 Å². The Balaban J connectivity index is 1.26. The number of hydrogen-bond donors (Lipinski definition) is 2. The van der Waals surface area contributed by atoms with Crippen molar-refractivity contribution in [3.05, 3.63) is 60.2 Å². The molecular formula is C21H24N6O2. The molecule has 2 amide bonds.